The van der Waals surface area contributed by atoms with Gasteiger partial charge in [-0.25, -0.2) is 9.18 Å². The van der Waals surface area contributed by atoms with Gasteiger partial charge in [-0.3, -0.25) is 4.57 Å². The summed E-state index contributed by atoms with van der Waals surface area (Å²) in [5, 5.41) is 3.14. The Morgan fingerprint density at radius 1 is 1.17 bits per heavy atom. The molecule has 1 atom stereocenters. The number of aromatic nitrogens is 1. The third-order valence-electron chi connectivity index (χ3n) is 5.24. The van der Waals surface area contributed by atoms with Crippen LogP contribution >= 0.6 is 0 Å². The van der Waals surface area contributed by atoms with Gasteiger partial charge in [-0.1, -0.05) is 18.2 Å². The van der Waals surface area contributed by atoms with E-state index in [0.29, 0.717) is 11.1 Å². The van der Waals surface area contributed by atoms with Crippen LogP contribution in [0.5, 0.6) is 0 Å². The van der Waals surface area contributed by atoms with Crippen LogP contribution in [0.4, 0.5) is 9.18 Å². The van der Waals surface area contributed by atoms with E-state index in [9.17, 15) is 9.18 Å². The second-order valence-corrected chi connectivity index (χ2v) is 6.91. The quantitative estimate of drug-likeness (QED) is 0.918. The van der Waals surface area contributed by atoms with Gasteiger partial charge in [-0.15, -0.1) is 0 Å². The second kappa shape index (κ2) is 6.40. The van der Waals surface area contributed by atoms with Gasteiger partial charge in [-0.2, -0.15) is 0 Å². The first-order valence-corrected chi connectivity index (χ1v) is 8.65. The van der Waals surface area contributed by atoms with Gasteiger partial charge in [0.15, 0.2) is 0 Å². The zero-order valence-electron chi connectivity index (χ0n) is 13.6. The lowest BCUT2D eigenvalue weighted by atomic mass is 9.94. The Morgan fingerprint density at radius 2 is 1.96 bits per heavy atom. The van der Waals surface area contributed by atoms with Gasteiger partial charge in [0.2, 0.25) is 0 Å². The summed E-state index contributed by atoms with van der Waals surface area (Å²) in [6.07, 6.45) is 6.94. The molecule has 1 unspecified atom stereocenters. The topological polar surface area (TPSA) is 37.3 Å². The van der Waals surface area contributed by atoms with E-state index in [1.807, 2.05) is 0 Å². The van der Waals surface area contributed by atoms with E-state index < -0.39 is 0 Å². The normalized spacial score (nSPS) is 26.1. The summed E-state index contributed by atoms with van der Waals surface area (Å²) in [6.45, 7) is 3.24. The summed E-state index contributed by atoms with van der Waals surface area (Å²) in [5.41, 5.74) is 1.23. The van der Waals surface area contributed by atoms with E-state index in [2.05, 4.69) is 10.2 Å². The molecule has 0 radical (unpaired) electrons. The van der Waals surface area contributed by atoms with Crippen molar-refractivity contribution in [2.75, 3.05) is 19.6 Å². The second-order valence-electron chi connectivity index (χ2n) is 6.91. The minimum absolute atomic E-state index is 0.134. The molecular formula is C19H22FN3O. The lowest BCUT2D eigenvalue weighted by molar-refractivity contribution is 0.217. The van der Waals surface area contributed by atoms with Crippen LogP contribution in [0.3, 0.4) is 0 Å². The van der Waals surface area contributed by atoms with E-state index in [1.54, 1.807) is 36.7 Å². The first kappa shape index (κ1) is 15.4. The molecule has 1 aromatic carbocycles. The van der Waals surface area contributed by atoms with E-state index in [0.717, 1.165) is 32.0 Å². The minimum Gasteiger partial charge on any atom is -0.333 e. The Morgan fingerprint density at radius 3 is 2.75 bits per heavy atom. The molecule has 1 aromatic heterocycles. The molecular weight excluding hydrogens is 305 g/mol. The average molecular weight is 327 g/mol. The van der Waals surface area contributed by atoms with Crippen molar-refractivity contribution < 1.29 is 9.18 Å². The van der Waals surface area contributed by atoms with Gasteiger partial charge in [0, 0.05) is 36.1 Å². The SMILES string of the molecule is O=C(NC1CC2CCN(CC2)C1)n1ccc(-c2ccccc2F)c1. The number of hydrogen-bond donors (Lipinski definition) is 1. The molecule has 0 spiro atoms. The molecule has 2 aromatic rings. The number of benzene rings is 1. The lowest BCUT2D eigenvalue weighted by Crippen LogP contribution is -2.43. The molecule has 2 bridgehead atoms. The number of halogens is 1. The van der Waals surface area contributed by atoms with Gasteiger partial charge in [0.05, 0.1) is 0 Å². The highest BCUT2D eigenvalue weighted by Gasteiger charge is 2.29. The monoisotopic (exact) mass is 327 g/mol. The van der Waals surface area contributed by atoms with Gasteiger partial charge in [-0.05, 0) is 50.4 Å². The van der Waals surface area contributed by atoms with Crippen molar-refractivity contribution in [1.82, 2.24) is 14.8 Å². The molecule has 3 aliphatic heterocycles. The smallest absolute Gasteiger partial charge is 0.325 e. The van der Waals surface area contributed by atoms with Crippen LogP contribution in [0.25, 0.3) is 11.1 Å². The Kier molecular flexibility index (Phi) is 4.10. The molecule has 1 amide bonds. The molecule has 0 saturated carbocycles. The zero-order valence-corrected chi connectivity index (χ0v) is 13.6. The van der Waals surface area contributed by atoms with Crippen molar-refractivity contribution in [3.8, 4) is 11.1 Å². The number of carbonyl (C=O) groups excluding carboxylic acids is 1. The van der Waals surface area contributed by atoms with Crippen LogP contribution in [-0.4, -0.2) is 41.2 Å². The van der Waals surface area contributed by atoms with Crippen LogP contribution in [0.2, 0.25) is 0 Å². The van der Waals surface area contributed by atoms with Crippen molar-refractivity contribution in [2.24, 2.45) is 5.92 Å². The Bertz CT molecular complexity index is 720. The average Bonchev–Trinajstić information content (AvgIpc) is 2.90. The first-order chi connectivity index (χ1) is 11.7. The Balaban J connectivity index is 1.46. The Hall–Kier alpha value is -2.14. The highest BCUT2D eigenvalue weighted by atomic mass is 19.1. The van der Waals surface area contributed by atoms with Gasteiger partial charge >= 0.3 is 6.03 Å². The summed E-state index contributed by atoms with van der Waals surface area (Å²) in [7, 11) is 0. The van der Waals surface area contributed by atoms with Crippen molar-refractivity contribution in [3.63, 3.8) is 0 Å². The molecule has 3 fully saturated rings. The molecule has 4 heterocycles. The maximum atomic E-state index is 13.9. The first-order valence-electron chi connectivity index (χ1n) is 8.65. The minimum atomic E-state index is -0.274. The van der Waals surface area contributed by atoms with Crippen molar-refractivity contribution in [2.45, 2.75) is 25.3 Å². The standard InChI is InChI=1S/C19H22FN3O/c20-18-4-2-1-3-17(18)15-7-10-23(12-15)19(24)21-16-11-14-5-8-22(13-16)9-6-14/h1-4,7,10,12,14,16H,5-6,8-9,11,13H2,(H,21,24). The van der Waals surface area contributed by atoms with Crippen LogP contribution in [0, 0.1) is 11.7 Å². The predicted octanol–water partition coefficient (Wildman–Crippen LogP) is 3.34. The van der Waals surface area contributed by atoms with Crippen LogP contribution < -0.4 is 5.32 Å². The fourth-order valence-electron chi connectivity index (χ4n) is 3.92. The van der Waals surface area contributed by atoms with Crippen LogP contribution in [0.1, 0.15) is 19.3 Å². The third kappa shape index (κ3) is 3.08. The lowest BCUT2D eigenvalue weighted by Gasteiger charge is -2.26. The number of hydrogen-bond acceptors (Lipinski definition) is 2. The van der Waals surface area contributed by atoms with E-state index >= 15 is 0 Å². The van der Waals surface area contributed by atoms with Crippen molar-refractivity contribution >= 4 is 6.03 Å². The molecule has 3 aliphatic rings. The van der Waals surface area contributed by atoms with E-state index in [4.69, 9.17) is 0 Å². The number of amides is 1. The molecule has 3 saturated heterocycles. The van der Waals surface area contributed by atoms with Gasteiger partial charge in [0.1, 0.15) is 5.82 Å². The molecule has 24 heavy (non-hydrogen) atoms. The summed E-state index contributed by atoms with van der Waals surface area (Å²) in [4.78, 5) is 15.0. The Labute approximate surface area is 141 Å². The maximum absolute atomic E-state index is 13.9. The van der Waals surface area contributed by atoms with Crippen molar-refractivity contribution in [3.05, 3.63) is 48.5 Å². The number of nitrogens with zero attached hydrogens (tertiary/aromatic N) is 2. The highest BCUT2D eigenvalue weighted by molar-refractivity contribution is 5.79. The molecule has 126 valence electrons. The number of piperidine rings is 1. The summed E-state index contributed by atoms with van der Waals surface area (Å²) in [6, 6.07) is 8.46. The number of carbonyl (C=O) groups is 1. The van der Waals surface area contributed by atoms with Crippen molar-refractivity contribution in [1.29, 1.82) is 0 Å². The summed E-state index contributed by atoms with van der Waals surface area (Å²) < 4.78 is 15.4. The number of fused-ring (bicyclic) bond motifs is 4. The molecule has 5 rings (SSSR count). The molecule has 4 nitrogen and oxygen atoms in total. The molecule has 5 heteroatoms. The zero-order chi connectivity index (χ0) is 16.5. The molecule has 0 aliphatic carbocycles. The van der Waals surface area contributed by atoms with E-state index in [1.165, 1.54) is 23.5 Å². The third-order valence-corrected chi connectivity index (χ3v) is 5.24. The van der Waals surface area contributed by atoms with E-state index in [-0.39, 0.29) is 17.9 Å². The summed E-state index contributed by atoms with van der Waals surface area (Å²) in [5.74, 6) is 0.455. The number of nitrogens with one attached hydrogen (secondary N) is 1. The summed E-state index contributed by atoms with van der Waals surface area (Å²) >= 11 is 0. The predicted molar refractivity (Wildman–Crippen MR) is 91.3 cm³/mol. The number of rotatable bonds is 2. The van der Waals surface area contributed by atoms with Crippen LogP contribution in [-0.2, 0) is 0 Å². The molecule has 1 N–H and O–H groups in total. The largest absolute Gasteiger partial charge is 0.333 e. The maximum Gasteiger partial charge on any atom is 0.325 e. The van der Waals surface area contributed by atoms with Gasteiger partial charge < -0.3 is 10.2 Å². The van der Waals surface area contributed by atoms with Crippen LogP contribution in [0.15, 0.2) is 42.7 Å². The van der Waals surface area contributed by atoms with Gasteiger partial charge in [0.25, 0.3) is 0 Å². The fourth-order valence-corrected chi connectivity index (χ4v) is 3.92. The highest BCUT2D eigenvalue weighted by Crippen LogP contribution is 2.27. The fraction of sp³-hybridized carbons (Fsp3) is 0.421.